The molecule has 1 atom stereocenters. The van der Waals surface area contributed by atoms with E-state index in [1.165, 1.54) is 5.56 Å². The van der Waals surface area contributed by atoms with Gasteiger partial charge in [-0.15, -0.1) is 0 Å². The number of carbonyl (C=O) groups excluding carboxylic acids is 1. The zero-order valence-electron chi connectivity index (χ0n) is 13.7. The molecule has 0 saturated carbocycles. The number of amides is 1. The molecule has 2 aliphatic heterocycles. The number of sulfone groups is 1. The first-order valence-corrected chi connectivity index (χ1v) is 9.86. The SMILES string of the molecule is CN=C(NCC(=O)N1CCc2ccccc21)NC1CCS(=O)(=O)C1. The van der Waals surface area contributed by atoms with Gasteiger partial charge in [-0.3, -0.25) is 9.79 Å². The quantitative estimate of drug-likeness (QED) is 0.588. The first kappa shape index (κ1) is 16.8. The number of guanidine groups is 1. The monoisotopic (exact) mass is 350 g/mol. The predicted octanol–water partition coefficient (Wildman–Crippen LogP) is -0.0722. The number of anilines is 1. The molecule has 3 rings (SSSR count). The van der Waals surface area contributed by atoms with Crippen LogP contribution in [0.25, 0.3) is 0 Å². The maximum atomic E-state index is 12.5. The third-order valence-electron chi connectivity index (χ3n) is 4.39. The Morgan fingerprint density at radius 2 is 2.17 bits per heavy atom. The summed E-state index contributed by atoms with van der Waals surface area (Å²) in [5.74, 6) is 0.742. The van der Waals surface area contributed by atoms with Crippen LogP contribution in [0, 0.1) is 0 Å². The first-order chi connectivity index (χ1) is 11.5. The van der Waals surface area contributed by atoms with Gasteiger partial charge in [-0.2, -0.15) is 0 Å². The van der Waals surface area contributed by atoms with Crippen LogP contribution in [0.4, 0.5) is 5.69 Å². The van der Waals surface area contributed by atoms with E-state index >= 15 is 0 Å². The second-order valence-corrected chi connectivity index (χ2v) is 8.32. The molecule has 1 unspecified atom stereocenters. The molecule has 1 aromatic rings. The van der Waals surface area contributed by atoms with Crippen molar-refractivity contribution >= 4 is 27.4 Å². The largest absolute Gasteiger partial charge is 0.353 e. The zero-order chi connectivity index (χ0) is 17.2. The summed E-state index contributed by atoms with van der Waals surface area (Å²) in [5.41, 5.74) is 2.15. The highest BCUT2D eigenvalue weighted by Gasteiger charge is 2.29. The highest BCUT2D eigenvalue weighted by molar-refractivity contribution is 7.91. The van der Waals surface area contributed by atoms with Crippen LogP contribution in [0.2, 0.25) is 0 Å². The molecule has 1 fully saturated rings. The fourth-order valence-corrected chi connectivity index (χ4v) is 4.82. The molecule has 0 aliphatic carbocycles. The van der Waals surface area contributed by atoms with Gasteiger partial charge in [0.15, 0.2) is 15.8 Å². The minimum absolute atomic E-state index is 0.0260. The van der Waals surface area contributed by atoms with Crippen molar-refractivity contribution in [3.8, 4) is 0 Å². The third-order valence-corrected chi connectivity index (χ3v) is 6.16. The Morgan fingerprint density at radius 3 is 2.88 bits per heavy atom. The lowest BCUT2D eigenvalue weighted by molar-refractivity contribution is -0.117. The average molecular weight is 350 g/mol. The molecule has 24 heavy (non-hydrogen) atoms. The van der Waals surface area contributed by atoms with E-state index in [2.05, 4.69) is 15.6 Å². The van der Waals surface area contributed by atoms with Crippen molar-refractivity contribution in [1.82, 2.24) is 10.6 Å². The summed E-state index contributed by atoms with van der Waals surface area (Å²) in [6, 6.07) is 7.75. The standard InChI is InChI=1S/C16H22N4O3S/c1-17-16(19-13-7-9-24(22,23)11-13)18-10-15(21)20-8-6-12-4-2-3-5-14(12)20/h2-5,13H,6-11H2,1H3,(H2,17,18,19). The van der Waals surface area contributed by atoms with Gasteiger partial charge < -0.3 is 15.5 Å². The average Bonchev–Trinajstić information content (AvgIpc) is 3.14. The van der Waals surface area contributed by atoms with Gasteiger partial charge in [0, 0.05) is 25.3 Å². The number of aliphatic imine (C=N–C) groups is 1. The van der Waals surface area contributed by atoms with Crippen LogP contribution in [-0.4, -0.2) is 58.0 Å². The highest BCUT2D eigenvalue weighted by atomic mass is 32.2. The predicted molar refractivity (Wildman–Crippen MR) is 94.1 cm³/mol. The zero-order valence-corrected chi connectivity index (χ0v) is 14.5. The molecule has 0 spiro atoms. The lowest BCUT2D eigenvalue weighted by atomic mass is 10.2. The number of benzene rings is 1. The molecule has 2 heterocycles. The molecule has 0 radical (unpaired) electrons. The molecular formula is C16H22N4O3S. The topological polar surface area (TPSA) is 90.9 Å². The second-order valence-electron chi connectivity index (χ2n) is 6.09. The number of nitrogens with zero attached hydrogens (tertiary/aromatic N) is 2. The van der Waals surface area contributed by atoms with E-state index in [0.717, 1.165) is 12.1 Å². The van der Waals surface area contributed by atoms with Crippen molar-refractivity contribution in [2.24, 2.45) is 4.99 Å². The van der Waals surface area contributed by atoms with Crippen molar-refractivity contribution < 1.29 is 13.2 Å². The first-order valence-electron chi connectivity index (χ1n) is 8.04. The number of hydrogen-bond donors (Lipinski definition) is 2. The summed E-state index contributed by atoms with van der Waals surface area (Å²) >= 11 is 0. The van der Waals surface area contributed by atoms with Gasteiger partial charge in [0.05, 0.1) is 18.1 Å². The molecule has 1 amide bonds. The summed E-state index contributed by atoms with van der Waals surface area (Å²) in [5, 5.41) is 6.06. The van der Waals surface area contributed by atoms with Crippen LogP contribution in [0.15, 0.2) is 29.3 Å². The fraction of sp³-hybridized carbons (Fsp3) is 0.500. The third kappa shape index (κ3) is 3.69. The molecular weight excluding hydrogens is 328 g/mol. The number of para-hydroxylation sites is 1. The lowest BCUT2D eigenvalue weighted by Gasteiger charge is -2.20. The van der Waals surface area contributed by atoms with Crippen molar-refractivity contribution in [2.75, 3.05) is 36.5 Å². The van der Waals surface area contributed by atoms with Gasteiger partial charge in [0.1, 0.15) is 0 Å². The van der Waals surface area contributed by atoms with Crippen LogP contribution < -0.4 is 15.5 Å². The van der Waals surface area contributed by atoms with Crippen LogP contribution in [0.5, 0.6) is 0 Å². The Balaban J connectivity index is 1.54. The molecule has 0 bridgehead atoms. The van der Waals surface area contributed by atoms with Gasteiger partial charge >= 0.3 is 0 Å². The summed E-state index contributed by atoms with van der Waals surface area (Å²) < 4.78 is 23.0. The second kappa shape index (κ2) is 6.80. The Kier molecular flexibility index (Phi) is 4.75. The van der Waals surface area contributed by atoms with Crippen molar-refractivity contribution in [2.45, 2.75) is 18.9 Å². The molecule has 1 aromatic carbocycles. The van der Waals surface area contributed by atoms with Crippen molar-refractivity contribution in [1.29, 1.82) is 0 Å². The molecule has 7 nitrogen and oxygen atoms in total. The number of fused-ring (bicyclic) bond motifs is 1. The van der Waals surface area contributed by atoms with E-state index in [9.17, 15) is 13.2 Å². The van der Waals surface area contributed by atoms with Crippen LogP contribution >= 0.6 is 0 Å². The van der Waals surface area contributed by atoms with E-state index in [1.54, 1.807) is 11.9 Å². The van der Waals surface area contributed by atoms with Gasteiger partial charge in [-0.25, -0.2) is 8.42 Å². The van der Waals surface area contributed by atoms with Crippen molar-refractivity contribution in [3.63, 3.8) is 0 Å². The van der Waals surface area contributed by atoms with Gasteiger partial charge in [0.25, 0.3) is 0 Å². The van der Waals surface area contributed by atoms with Gasteiger partial charge in [-0.1, -0.05) is 18.2 Å². The Morgan fingerprint density at radius 1 is 1.38 bits per heavy atom. The maximum absolute atomic E-state index is 12.5. The summed E-state index contributed by atoms with van der Waals surface area (Å²) in [6.07, 6.45) is 1.44. The molecule has 0 aromatic heterocycles. The molecule has 1 saturated heterocycles. The van der Waals surface area contributed by atoms with Crippen LogP contribution in [0.1, 0.15) is 12.0 Å². The summed E-state index contributed by atoms with van der Waals surface area (Å²) in [6.45, 7) is 0.806. The van der Waals surface area contributed by atoms with E-state index in [1.807, 2.05) is 24.3 Å². The maximum Gasteiger partial charge on any atom is 0.246 e. The minimum Gasteiger partial charge on any atom is -0.353 e. The van der Waals surface area contributed by atoms with E-state index in [-0.39, 0.29) is 30.0 Å². The molecule has 2 N–H and O–H groups in total. The Hall–Kier alpha value is -2.09. The van der Waals surface area contributed by atoms with Crippen LogP contribution in [0.3, 0.4) is 0 Å². The molecule has 8 heteroatoms. The summed E-state index contributed by atoms with van der Waals surface area (Å²) in [7, 11) is -1.34. The fourth-order valence-electron chi connectivity index (χ4n) is 3.15. The van der Waals surface area contributed by atoms with E-state index in [0.29, 0.717) is 18.9 Å². The van der Waals surface area contributed by atoms with E-state index in [4.69, 9.17) is 0 Å². The number of nitrogens with one attached hydrogen (secondary N) is 2. The normalized spacial score (nSPS) is 22.3. The van der Waals surface area contributed by atoms with E-state index < -0.39 is 9.84 Å². The smallest absolute Gasteiger partial charge is 0.246 e. The number of carbonyl (C=O) groups is 1. The Bertz CT molecular complexity index is 760. The molecule has 2 aliphatic rings. The van der Waals surface area contributed by atoms with Crippen LogP contribution in [-0.2, 0) is 21.1 Å². The minimum atomic E-state index is -2.95. The number of hydrogen-bond acceptors (Lipinski definition) is 4. The summed E-state index contributed by atoms with van der Waals surface area (Å²) in [4.78, 5) is 18.3. The Labute approximate surface area is 142 Å². The van der Waals surface area contributed by atoms with Gasteiger partial charge in [-0.05, 0) is 24.5 Å². The van der Waals surface area contributed by atoms with Gasteiger partial charge in [0.2, 0.25) is 5.91 Å². The number of rotatable bonds is 3. The lowest BCUT2D eigenvalue weighted by Crippen LogP contribution is -2.47. The van der Waals surface area contributed by atoms with Crippen molar-refractivity contribution in [3.05, 3.63) is 29.8 Å². The highest BCUT2D eigenvalue weighted by Crippen LogP contribution is 2.27. The molecule has 130 valence electrons.